The number of aromatic amines is 1. The first kappa shape index (κ1) is 43.5. The Balaban J connectivity index is 1.03. The summed E-state index contributed by atoms with van der Waals surface area (Å²) in [6.45, 7) is 9.68. The first-order chi connectivity index (χ1) is 29.6. The summed E-state index contributed by atoms with van der Waals surface area (Å²) in [4.78, 5) is 34.8. The van der Waals surface area contributed by atoms with Gasteiger partial charge in [-0.2, -0.15) is 0 Å². The van der Waals surface area contributed by atoms with Gasteiger partial charge in [0.25, 0.3) is 21.6 Å². The average molecular weight is 902 g/mol. The number of nitro benzene ring substituents is 1. The molecular weight excluding hydrogens is 852 g/mol. The van der Waals surface area contributed by atoms with Crippen molar-refractivity contribution in [3.63, 3.8) is 0 Å². The van der Waals surface area contributed by atoms with Crippen LogP contribution in [0.1, 0.15) is 61.9 Å². The van der Waals surface area contributed by atoms with Crippen LogP contribution in [0.4, 0.5) is 17.1 Å². The summed E-state index contributed by atoms with van der Waals surface area (Å²) in [5.74, 6) is -0.438. The Hall–Kier alpha value is -5.12. The number of carbonyl (C=O) groups excluding carboxylic acids is 1. The Kier molecular flexibility index (Phi) is 12.6. The average Bonchev–Trinajstić information content (AvgIpc) is 3.63. The van der Waals surface area contributed by atoms with Crippen LogP contribution in [0.5, 0.6) is 11.5 Å². The summed E-state index contributed by atoms with van der Waals surface area (Å²) in [5.41, 5.74) is 5.77. The second kappa shape index (κ2) is 17.9. The van der Waals surface area contributed by atoms with Gasteiger partial charge < -0.3 is 24.3 Å². The second-order valence-electron chi connectivity index (χ2n) is 17.1. The molecule has 0 bridgehead atoms. The summed E-state index contributed by atoms with van der Waals surface area (Å²) in [6.07, 6.45) is 6.22. The van der Waals surface area contributed by atoms with Crippen LogP contribution >= 0.6 is 23.2 Å². The zero-order valence-electron chi connectivity index (χ0n) is 35.0. The topological polar surface area (TPSA) is 150 Å². The highest BCUT2D eigenvalue weighted by Crippen LogP contribution is 2.44. The predicted octanol–water partition coefficient (Wildman–Crippen LogP) is 9.69. The maximum absolute atomic E-state index is 14.0. The highest BCUT2D eigenvalue weighted by molar-refractivity contribution is 7.90. The fourth-order valence-electron chi connectivity index (χ4n) is 8.75. The van der Waals surface area contributed by atoms with Crippen LogP contribution in [0.2, 0.25) is 10.0 Å². The zero-order chi connectivity index (χ0) is 43.8. The third kappa shape index (κ3) is 9.59. The van der Waals surface area contributed by atoms with Crippen molar-refractivity contribution in [2.75, 3.05) is 62.8 Å². The lowest BCUT2D eigenvalue weighted by Crippen LogP contribution is -2.47. The summed E-state index contributed by atoms with van der Waals surface area (Å²) in [5, 5.41) is 14.2. The lowest BCUT2D eigenvalue weighted by atomic mass is 9.72. The first-order valence-electron chi connectivity index (χ1n) is 20.8. The number of fused-ring (bicyclic) bond motifs is 1. The Morgan fingerprint density at radius 2 is 1.74 bits per heavy atom. The SMILES string of the molecule is CN(c1ccc(S(=O)(=O)NC(=O)c2ccc(N3CCN(CC4=C(c5ccc(Cl)cc5)CC(C)(C)CC4)CC3)cc2Oc2ccc3[nH]cc(Cl)c3c2)cc1[N+](=O)[O-])C1CCOCC1. The largest absolute Gasteiger partial charge is 0.456 e. The molecule has 5 aromatic rings. The van der Waals surface area contributed by atoms with Crippen LogP contribution in [-0.4, -0.2) is 88.2 Å². The van der Waals surface area contributed by atoms with Crippen molar-refractivity contribution in [3.05, 3.63) is 122 Å². The van der Waals surface area contributed by atoms with Gasteiger partial charge in [0.2, 0.25) is 0 Å². The molecule has 0 spiro atoms. The van der Waals surface area contributed by atoms with E-state index in [0.29, 0.717) is 42.2 Å². The van der Waals surface area contributed by atoms with Crippen LogP contribution < -0.4 is 19.3 Å². The number of nitrogens with one attached hydrogen (secondary N) is 2. The van der Waals surface area contributed by atoms with Crippen LogP contribution in [-0.2, 0) is 14.8 Å². The minimum atomic E-state index is -4.57. The molecule has 62 heavy (non-hydrogen) atoms. The number of sulfonamides is 1. The minimum Gasteiger partial charge on any atom is -0.456 e. The van der Waals surface area contributed by atoms with E-state index in [1.54, 1.807) is 54.5 Å². The number of H-pyrrole nitrogens is 1. The molecule has 2 fully saturated rings. The van der Waals surface area contributed by atoms with Crippen molar-refractivity contribution < 1.29 is 27.6 Å². The molecule has 2 aliphatic heterocycles. The maximum atomic E-state index is 14.0. The molecule has 16 heteroatoms. The van der Waals surface area contributed by atoms with E-state index in [-0.39, 0.29) is 34.1 Å². The number of amides is 1. The molecule has 3 aliphatic rings. The number of hydrogen-bond acceptors (Lipinski definition) is 10. The Bertz CT molecular complexity index is 2640. The Labute approximate surface area is 371 Å². The molecule has 2 saturated heterocycles. The third-order valence-electron chi connectivity index (χ3n) is 12.4. The van der Waals surface area contributed by atoms with E-state index in [0.717, 1.165) is 74.3 Å². The van der Waals surface area contributed by atoms with Crippen molar-refractivity contribution in [3.8, 4) is 11.5 Å². The number of benzene rings is 4. The lowest BCUT2D eigenvalue weighted by Gasteiger charge is -2.39. The molecule has 3 heterocycles. The van der Waals surface area contributed by atoms with Crippen LogP contribution in [0.25, 0.3) is 16.5 Å². The number of ether oxygens (including phenoxy) is 2. The quantitative estimate of drug-likeness (QED) is 0.0916. The molecule has 0 radical (unpaired) electrons. The van der Waals surface area contributed by atoms with Crippen LogP contribution in [0.3, 0.4) is 0 Å². The minimum absolute atomic E-state index is 0.00939. The Morgan fingerprint density at radius 1 is 1.00 bits per heavy atom. The first-order valence-corrected chi connectivity index (χ1v) is 23.1. The van der Waals surface area contributed by atoms with E-state index in [9.17, 15) is 23.3 Å². The van der Waals surface area contributed by atoms with Gasteiger partial charge in [-0.1, -0.05) is 54.8 Å². The van der Waals surface area contributed by atoms with Crippen molar-refractivity contribution in [1.82, 2.24) is 14.6 Å². The van der Waals surface area contributed by atoms with Gasteiger partial charge in [0.05, 0.1) is 20.4 Å². The fourth-order valence-corrected chi connectivity index (χ4v) is 10.1. The summed E-state index contributed by atoms with van der Waals surface area (Å²) >= 11 is 12.7. The van der Waals surface area contributed by atoms with E-state index in [1.165, 1.54) is 28.8 Å². The van der Waals surface area contributed by atoms with Gasteiger partial charge >= 0.3 is 0 Å². The highest BCUT2D eigenvalue weighted by atomic mass is 35.5. The number of nitrogens with zero attached hydrogens (tertiary/aromatic N) is 4. The standard InChI is InChI=1S/C46H50Cl2N6O7S/c1-46(2)17-14-31(39(27-46)30-4-6-32(47)7-5-30)29-52-18-20-53(21-19-52)34-8-11-37(44(24-34)61-35-9-12-41-38(25-35)40(48)28-49-41)45(55)50-62(58,59)36-10-13-42(43(26-36)54(56)57)51(3)33-15-22-60-23-16-33/h4-13,24-26,28,33,49H,14-23,27,29H2,1-3H3,(H,50,55). The van der Waals surface area contributed by atoms with E-state index >= 15 is 0 Å². The van der Waals surface area contributed by atoms with E-state index in [4.69, 9.17) is 32.7 Å². The number of anilines is 2. The van der Waals surface area contributed by atoms with Gasteiger partial charge in [-0.3, -0.25) is 19.8 Å². The fraction of sp³-hybridized carbons (Fsp3) is 0.370. The normalized spacial score (nSPS) is 17.6. The Morgan fingerprint density at radius 3 is 2.47 bits per heavy atom. The van der Waals surface area contributed by atoms with Gasteiger partial charge in [0.1, 0.15) is 17.2 Å². The number of hydrogen-bond donors (Lipinski definition) is 2. The number of rotatable bonds is 12. The summed E-state index contributed by atoms with van der Waals surface area (Å²) in [6, 6.07) is 22.2. The molecule has 1 aliphatic carbocycles. The second-order valence-corrected chi connectivity index (χ2v) is 19.6. The molecule has 0 saturated carbocycles. The molecule has 326 valence electrons. The number of aromatic nitrogens is 1. The number of halogens is 2. The van der Waals surface area contributed by atoms with Crippen LogP contribution in [0, 0.1) is 15.5 Å². The molecule has 1 amide bonds. The summed E-state index contributed by atoms with van der Waals surface area (Å²) < 4.78 is 41.5. The van der Waals surface area contributed by atoms with Crippen molar-refractivity contribution in [2.24, 2.45) is 5.41 Å². The lowest BCUT2D eigenvalue weighted by molar-refractivity contribution is -0.384. The molecule has 1 aromatic heterocycles. The molecule has 4 aromatic carbocycles. The van der Waals surface area contributed by atoms with Gasteiger partial charge in [-0.05, 0) is 103 Å². The third-order valence-corrected chi connectivity index (χ3v) is 14.3. The molecule has 13 nitrogen and oxygen atoms in total. The van der Waals surface area contributed by atoms with Crippen molar-refractivity contribution >= 4 is 72.7 Å². The number of carbonyl (C=O) groups is 1. The monoisotopic (exact) mass is 900 g/mol. The van der Waals surface area contributed by atoms with Crippen LogP contribution in [0.15, 0.2) is 95.5 Å². The predicted molar refractivity (Wildman–Crippen MR) is 244 cm³/mol. The van der Waals surface area contributed by atoms with E-state index in [2.05, 4.69) is 45.5 Å². The van der Waals surface area contributed by atoms with Crippen molar-refractivity contribution in [1.29, 1.82) is 0 Å². The maximum Gasteiger partial charge on any atom is 0.293 e. The smallest absolute Gasteiger partial charge is 0.293 e. The van der Waals surface area contributed by atoms with Crippen molar-refractivity contribution in [2.45, 2.75) is 56.9 Å². The van der Waals surface area contributed by atoms with Gasteiger partial charge in [-0.15, -0.1) is 0 Å². The molecule has 2 N–H and O–H groups in total. The highest BCUT2D eigenvalue weighted by Gasteiger charge is 2.31. The number of allylic oxidation sites excluding steroid dienone is 1. The molecule has 0 atom stereocenters. The van der Waals surface area contributed by atoms with Gasteiger partial charge in [-0.25, -0.2) is 13.1 Å². The molecule has 8 rings (SSSR count). The van der Waals surface area contributed by atoms with Gasteiger partial charge in [0, 0.05) is 99.0 Å². The van der Waals surface area contributed by atoms with Gasteiger partial charge in [0.15, 0.2) is 0 Å². The number of nitro groups is 1. The summed E-state index contributed by atoms with van der Waals surface area (Å²) in [7, 11) is -2.83. The zero-order valence-corrected chi connectivity index (χ0v) is 37.3. The number of piperazine rings is 1. The molecule has 0 unspecified atom stereocenters. The van der Waals surface area contributed by atoms with E-state index < -0.39 is 25.7 Å². The van der Waals surface area contributed by atoms with E-state index in [1.807, 2.05) is 12.1 Å². The molecular formula is C46H50Cl2N6O7S.